The lowest BCUT2D eigenvalue weighted by Crippen LogP contribution is -2.00. The highest BCUT2D eigenvalue weighted by Gasteiger charge is 2.21. The third-order valence-electron chi connectivity index (χ3n) is 1.75. The maximum Gasteiger partial charge on any atom is 0.268 e. The molecule has 0 N–H and O–H groups in total. The number of pyridine rings is 1. The van der Waals surface area contributed by atoms with E-state index in [0.717, 1.165) is 6.20 Å². The van der Waals surface area contributed by atoms with Crippen molar-refractivity contribution in [2.45, 2.75) is 12.8 Å². The van der Waals surface area contributed by atoms with Crippen LogP contribution in [0.15, 0.2) is 6.20 Å². The summed E-state index contributed by atoms with van der Waals surface area (Å²) in [5.74, 6) is 0. The molecule has 0 saturated carbocycles. The fourth-order valence-corrected chi connectivity index (χ4v) is 1.32. The van der Waals surface area contributed by atoms with Crippen molar-refractivity contribution in [3.63, 3.8) is 0 Å². The number of nitriles is 2. The number of alkyl halides is 2. The van der Waals surface area contributed by atoms with E-state index >= 15 is 0 Å². The quantitative estimate of drug-likeness (QED) is 0.730. The van der Waals surface area contributed by atoms with Crippen LogP contribution in [0, 0.1) is 22.7 Å². The third kappa shape index (κ3) is 2.20. The molecule has 0 atom stereocenters. The Balaban J connectivity index is 3.43. The summed E-state index contributed by atoms with van der Waals surface area (Å²) in [5, 5.41) is 16.8. The van der Waals surface area contributed by atoms with Gasteiger partial charge in [0.1, 0.15) is 11.2 Å². The van der Waals surface area contributed by atoms with Crippen molar-refractivity contribution in [2.24, 2.45) is 0 Å². The van der Waals surface area contributed by atoms with Crippen LogP contribution < -0.4 is 0 Å². The standard InChI is InChI=1S/C9H4ClF2N3/c10-8-7(9(11)12)6(3-14)5(1-2-13)4-15-8/h4,9H,1H2. The number of hydrogen-bond donors (Lipinski definition) is 0. The Bertz CT molecular complexity index is 460. The molecule has 76 valence electrons. The molecular formula is C9H4ClF2N3. The highest BCUT2D eigenvalue weighted by atomic mass is 35.5. The van der Waals surface area contributed by atoms with Crippen LogP contribution in [-0.4, -0.2) is 4.98 Å². The Hall–Kier alpha value is -1.72. The molecule has 15 heavy (non-hydrogen) atoms. The van der Waals surface area contributed by atoms with Crippen LogP contribution in [0.2, 0.25) is 5.15 Å². The Labute approximate surface area is 89.5 Å². The van der Waals surface area contributed by atoms with Crippen LogP contribution in [0.5, 0.6) is 0 Å². The van der Waals surface area contributed by atoms with Gasteiger partial charge in [-0.15, -0.1) is 0 Å². The molecular weight excluding hydrogens is 224 g/mol. The molecule has 1 aromatic heterocycles. The Kier molecular flexibility index (Phi) is 3.54. The molecule has 0 aliphatic rings. The Morgan fingerprint density at radius 1 is 1.47 bits per heavy atom. The first-order chi connectivity index (χ1) is 7.11. The summed E-state index contributed by atoms with van der Waals surface area (Å²) in [5.41, 5.74) is -0.696. The first-order valence-electron chi connectivity index (χ1n) is 3.84. The van der Waals surface area contributed by atoms with Gasteiger partial charge in [-0.05, 0) is 0 Å². The molecule has 0 spiro atoms. The summed E-state index contributed by atoms with van der Waals surface area (Å²) in [7, 11) is 0. The van der Waals surface area contributed by atoms with E-state index in [1.807, 2.05) is 0 Å². The van der Waals surface area contributed by atoms with Crippen LogP contribution in [0.4, 0.5) is 8.78 Å². The SMILES string of the molecule is N#CCc1cnc(Cl)c(C(F)F)c1C#N. The first-order valence-corrected chi connectivity index (χ1v) is 4.22. The second kappa shape index (κ2) is 4.68. The van der Waals surface area contributed by atoms with Crippen molar-refractivity contribution in [1.82, 2.24) is 4.98 Å². The third-order valence-corrected chi connectivity index (χ3v) is 2.05. The predicted molar refractivity (Wildman–Crippen MR) is 48.2 cm³/mol. The summed E-state index contributed by atoms with van der Waals surface area (Å²) < 4.78 is 25.1. The number of halogens is 3. The Morgan fingerprint density at radius 2 is 2.13 bits per heavy atom. The smallest absolute Gasteiger partial charge is 0.244 e. The molecule has 0 fully saturated rings. The fourth-order valence-electron chi connectivity index (χ4n) is 1.10. The van der Waals surface area contributed by atoms with Gasteiger partial charge < -0.3 is 0 Å². The average molecular weight is 228 g/mol. The zero-order chi connectivity index (χ0) is 11.4. The van der Waals surface area contributed by atoms with Crippen LogP contribution in [0.3, 0.4) is 0 Å². The molecule has 0 amide bonds. The molecule has 1 aromatic rings. The van der Waals surface area contributed by atoms with Gasteiger partial charge in [0, 0.05) is 11.8 Å². The highest BCUT2D eigenvalue weighted by molar-refractivity contribution is 6.30. The van der Waals surface area contributed by atoms with E-state index in [1.54, 1.807) is 12.1 Å². The molecule has 1 rings (SSSR count). The summed E-state index contributed by atoms with van der Waals surface area (Å²) in [6, 6.07) is 3.38. The van der Waals surface area contributed by atoms with E-state index in [1.165, 1.54) is 0 Å². The largest absolute Gasteiger partial charge is 0.268 e. The van der Waals surface area contributed by atoms with Gasteiger partial charge in [-0.2, -0.15) is 10.5 Å². The molecule has 0 bridgehead atoms. The minimum Gasteiger partial charge on any atom is -0.244 e. The number of nitrogens with zero attached hydrogens (tertiary/aromatic N) is 3. The summed E-state index contributed by atoms with van der Waals surface area (Å²) in [6.45, 7) is 0. The van der Waals surface area contributed by atoms with Crippen molar-refractivity contribution in [3.8, 4) is 12.1 Å². The van der Waals surface area contributed by atoms with Crippen molar-refractivity contribution in [1.29, 1.82) is 10.5 Å². The number of rotatable bonds is 2. The minimum absolute atomic E-state index is 0.146. The van der Waals surface area contributed by atoms with E-state index in [-0.39, 0.29) is 17.5 Å². The maximum atomic E-state index is 12.5. The number of hydrogen-bond acceptors (Lipinski definition) is 3. The van der Waals surface area contributed by atoms with E-state index in [4.69, 9.17) is 22.1 Å². The van der Waals surface area contributed by atoms with Gasteiger partial charge in [-0.1, -0.05) is 11.6 Å². The Morgan fingerprint density at radius 3 is 2.60 bits per heavy atom. The van der Waals surface area contributed by atoms with E-state index in [0.29, 0.717) is 0 Å². The molecule has 0 aliphatic carbocycles. The fraction of sp³-hybridized carbons (Fsp3) is 0.222. The van der Waals surface area contributed by atoms with Crippen LogP contribution in [0.25, 0.3) is 0 Å². The zero-order valence-corrected chi connectivity index (χ0v) is 8.09. The molecule has 0 aliphatic heterocycles. The van der Waals surface area contributed by atoms with Crippen LogP contribution in [0.1, 0.15) is 23.1 Å². The van der Waals surface area contributed by atoms with E-state index in [2.05, 4.69) is 4.98 Å². The molecule has 0 aromatic carbocycles. The van der Waals surface area contributed by atoms with Gasteiger partial charge in [0.2, 0.25) is 0 Å². The normalized spacial score (nSPS) is 9.73. The molecule has 0 saturated heterocycles. The van der Waals surface area contributed by atoms with E-state index < -0.39 is 17.1 Å². The maximum absolute atomic E-state index is 12.5. The molecule has 3 nitrogen and oxygen atoms in total. The first kappa shape index (κ1) is 11.4. The average Bonchev–Trinajstić information content (AvgIpc) is 2.19. The van der Waals surface area contributed by atoms with Crippen LogP contribution in [-0.2, 0) is 6.42 Å². The van der Waals surface area contributed by atoms with Crippen LogP contribution >= 0.6 is 11.6 Å². The van der Waals surface area contributed by atoms with Gasteiger partial charge in [0.05, 0.1) is 23.6 Å². The van der Waals surface area contributed by atoms with E-state index in [9.17, 15) is 8.78 Å². The van der Waals surface area contributed by atoms with Gasteiger partial charge in [0.15, 0.2) is 0 Å². The van der Waals surface area contributed by atoms with Crippen molar-refractivity contribution >= 4 is 11.6 Å². The summed E-state index contributed by atoms with van der Waals surface area (Å²) in [4.78, 5) is 3.51. The topological polar surface area (TPSA) is 60.5 Å². The van der Waals surface area contributed by atoms with Crippen molar-refractivity contribution in [2.75, 3.05) is 0 Å². The lowest BCUT2D eigenvalue weighted by Gasteiger charge is -2.07. The summed E-state index contributed by atoms with van der Waals surface area (Å²) >= 11 is 5.45. The van der Waals surface area contributed by atoms with Crippen molar-refractivity contribution in [3.05, 3.63) is 28.0 Å². The van der Waals surface area contributed by atoms with Gasteiger partial charge in [-0.3, -0.25) is 0 Å². The lowest BCUT2D eigenvalue weighted by molar-refractivity contribution is 0.150. The van der Waals surface area contributed by atoms with Gasteiger partial charge in [0.25, 0.3) is 6.43 Å². The molecule has 1 heterocycles. The lowest BCUT2D eigenvalue weighted by atomic mass is 10.0. The minimum atomic E-state index is -2.88. The summed E-state index contributed by atoms with van der Waals surface area (Å²) in [6.07, 6.45) is -1.86. The van der Waals surface area contributed by atoms with Gasteiger partial charge >= 0.3 is 0 Å². The number of aromatic nitrogens is 1. The second-order valence-corrected chi connectivity index (χ2v) is 2.97. The highest BCUT2D eigenvalue weighted by Crippen LogP contribution is 2.30. The van der Waals surface area contributed by atoms with Gasteiger partial charge in [-0.25, -0.2) is 13.8 Å². The molecule has 0 unspecified atom stereocenters. The zero-order valence-electron chi connectivity index (χ0n) is 7.34. The molecule has 6 heteroatoms. The monoisotopic (exact) mass is 227 g/mol. The second-order valence-electron chi connectivity index (χ2n) is 2.61. The predicted octanol–water partition coefficient (Wildman–Crippen LogP) is 2.61. The van der Waals surface area contributed by atoms with Crippen molar-refractivity contribution < 1.29 is 8.78 Å². The molecule has 0 radical (unpaired) electrons.